The third-order valence-electron chi connectivity index (χ3n) is 2.33. The first-order valence-electron chi connectivity index (χ1n) is 5.25. The molecule has 0 aliphatic carbocycles. The Bertz CT molecular complexity index is 601. The number of anilines is 1. The highest BCUT2D eigenvalue weighted by Gasteiger charge is 2.12. The van der Waals surface area contributed by atoms with Gasteiger partial charge in [-0.15, -0.1) is 0 Å². The van der Waals surface area contributed by atoms with E-state index < -0.39 is 11.7 Å². The van der Waals surface area contributed by atoms with Crippen LogP contribution in [0.5, 0.6) is 0 Å². The summed E-state index contributed by atoms with van der Waals surface area (Å²) < 4.78 is 13.5. The van der Waals surface area contributed by atoms with Crippen LogP contribution in [0, 0.1) is 12.7 Å². The minimum absolute atomic E-state index is 0.106. The van der Waals surface area contributed by atoms with E-state index in [-0.39, 0.29) is 5.56 Å². The van der Waals surface area contributed by atoms with E-state index in [2.05, 4.69) is 10.3 Å². The first-order valence-corrected chi connectivity index (χ1v) is 5.63. The molecule has 92 valence electrons. The normalized spacial score (nSPS) is 10.2. The Balaban J connectivity index is 2.24. The van der Waals surface area contributed by atoms with Crippen LogP contribution in [0.4, 0.5) is 10.2 Å². The summed E-state index contributed by atoms with van der Waals surface area (Å²) in [5, 5.41) is 2.82. The second-order valence-electron chi connectivity index (χ2n) is 3.80. The van der Waals surface area contributed by atoms with Crippen molar-refractivity contribution in [1.82, 2.24) is 4.98 Å². The lowest BCUT2D eigenvalue weighted by Gasteiger charge is -2.06. The van der Waals surface area contributed by atoms with E-state index in [1.165, 1.54) is 12.1 Å². The van der Waals surface area contributed by atoms with Gasteiger partial charge in [0.1, 0.15) is 11.6 Å². The molecule has 1 aromatic heterocycles. The van der Waals surface area contributed by atoms with Crippen LogP contribution in [-0.2, 0) is 0 Å². The molecule has 0 radical (unpaired) electrons. The van der Waals surface area contributed by atoms with E-state index in [0.717, 1.165) is 11.6 Å². The molecule has 2 aromatic rings. The van der Waals surface area contributed by atoms with Crippen LogP contribution >= 0.6 is 11.6 Å². The number of aryl methyl sites for hydroxylation is 1. The van der Waals surface area contributed by atoms with E-state index in [1.807, 2.05) is 6.92 Å². The molecule has 0 aliphatic rings. The maximum absolute atomic E-state index is 13.5. The average Bonchev–Trinajstić information content (AvgIpc) is 2.32. The summed E-state index contributed by atoms with van der Waals surface area (Å²) in [6, 6.07) is 7.32. The third-order valence-corrected chi connectivity index (χ3v) is 2.57. The first kappa shape index (κ1) is 12.5. The van der Waals surface area contributed by atoms with Gasteiger partial charge in [0.2, 0.25) is 0 Å². The summed E-state index contributed by atoms with van der Waals surface area (Å²) in [5.41, 5.74) is 0.845. The van der Waals surface area contributed by atoms with Gasteiger partial charge >= 0.3 is 0 Å². The van der Waals surface area contributed by atoms with Crippen LogP contribution in [0.1, 0.15) is 15.9 Å². The molecule has 0 fully saturated rings. The molecule has 1 aromatic carbocycles. The fraction of sp³-hybridized carbons (Fsp3) is 0.0769. The molecular formula is C13H10ClFN2O. The number of hydrogen-bond donors (Lipinski definition) is 1. The van der Waals surface area contributed by atoms with Gasteiger partial charge in [0.25, 0.3) is 5.91 Å². The molecule has 2 rings (SSSR count). The zero-order valence-electron chi connectivity index (χ0n) is 9.58. The maximum Gasteiger partial charge on any atom is 0.259 e. The van der Waals surface area contributed by atoms with Crippen LogP contribution in [0.3, 0.4) is 0 Å². The van der Waals surface area contributed by atoms with Crippen LogP contribution in [0.2, 0.25) is 5.02 Å². The summed E-state index contributed by atoms with van der Waals surface area (Å²) in [6.07, 6.45) is 1.57. The van der Waals surface area contributed by atoms with E-state index in [4.69, 9.17) is 11.6 Å². The minimum Gasteiger partial charge on any atom is -0.306 e. The van der Waals surface area contributed by atoms with Crippen molar-refractivity contribution in [3.05, 3.63) is 58.5 Å². The van der Waals surface area contributed by atoms with E-state index >= 15 is 0 Å². The van der Waals surface area contributed by atoms with E-state index in [1.54, 1.807) is 18.3 Å². The molecule has 0 spiro atoms. The smallest absolute Gasteiger partial charge is 0.259 e. The van der Waals surface area contributed by atoms with Gasteiger partial charge in [0.15, 0.2) is 0 Å². The lowest BCUT2D eigenvalue weighted by molar-refractivity contribution is 0.102. The van der Waals surface area contributed by atoms with Gasteiger partial charge in [-0.3, -0.25) is 4.79 Å². The van der Waals surface area contributed by atoms with Crippen LogP contribution in [0.15, 0.2) is 36.5 Å². The number of aromatic nitrogens is 1. The Hall–Kier alpha value is -1.94. The fourth-order valence-electron chi connectivity index (χ4n) is 1.46. The Morgan fingerprint density at radius 3 is 2.83 bits per heavy atom. The third kappa shape index (κ3) is 2.84. The molecule has 1 heterocycles. The molecule has 5 heteroatoms. The van der Waals surface area contributed by atoms with Gasteiger partial charge < -0.3 is 5.32 Å². The number of hydrogen-bond acceptors (Lipinski definition) is 2. The molecule has 0 unspecified atom stereocenters. The zero-order valence-corrected chi connectivity index (χ0v) is 10.3. The van der Waals surface area contributed by atoms with Crippen molar-refractivity contribution in [3.63, 3.8) is 0 Å². The summed E-state index contributed by atoms with van der Waals surface area (Å²) in [7, 11) is 0. The van der Waals surface area contributed by atoms with Crippen molar-refractivity contribution in [1.29, 1.82) is 0 Å². The molecule has 0 saturated carbocycles. The van der Waals surface area contributed by atoms with Crippen molar-refractivity contribution in [2.75, 3.05) is 5.32 Å². The van der Waals surface area contributed by atoms with Gasteiger partial charge in [-0.1, -0.05) is 11.6 Å². The molecule has 1 N–H and O–H groups in total. The number of carbonyl (C=O) groups is 1. The SMILES string of the molecule is Cc1ccnc(NC(=O)c2cc(Cl)ccc2F)c1. The summed E-state index contributed by atoms with van der Waals surface area (Å²) in [5.74, 6) is -0.822. The summed E-state index contributed by atoms with van der Waals surface area (Å²) >= 11 is 5.73. The van der Waals surface area contributed by atoms with Crippen molar-refractivity contribution >= 4 is 23.3 Å². The minimum atomic E-state index is -0.621. The number of nitrogens with one attached hydrogen (secondary N) is 1. The Labute approximate surface area is 109 Å². The molecule has 18 heavy (non-hydrogen) atoms. The van der Waals surface area contributed by atoms with E-state index in [9.17, 15) is 9.18 Å². The van der Waals surface area contributed by atoms with Gasteiger partial charge in [0.05, 0.1) is 5.56 Å². The fourth-order valence-corrected chi connectivity index (χ4v) is 1.63. The standard InChI is InChI=1S/C13H10ClFN2O/c1-8-4-5-16-12(6-8)17-13(18)10-7-9(14)2-3-11(10)15/h2-7H,1H3,(H,16,17,18). The number of pyridine rings is 1. The topological polar surface area (TPSA) is 42.0 Å². The monoisotopic (exact) mass is 264 g/mol. The van der Waals surface area contributed by atoms with Gasteiger partial charge in [-0.05, 0) is 42.8 Å². The van der Waals surface area contributed by atoms with E-state index in [0.29, 0.717) is 10.8 Å². The zero-order chi connectivity index (χ0) is 13.1. The number of carbonyl (C=O) groups excluding carboxylic acids is 1. The molecule has 1 amide bonds. The molecule has 0 saturated heterocycles. The molecular weight excluding hydrogens is 255 g/mol. The second-order valence-corrected chi connectivity index (χ2v) is 4.23. The number of benzene rings is 1. The highest BCUT2D eigenvalue weighted by Crippen LogP contribution is 2.16. The van der Waals surface area contributed by atoms with Gasteiger partial charge in [-0.25, -0.2) is 9.37 Å². The largest absolute Gasteiger partial charge is 0.306 e. The predicted molar refractivity (Wildman–Crippen MR) is 68.3 cm³/mol. The summed E-state index contributed by atoms with van der Waals surface area (Å²) in [6.45, 7) is 1.87. The molecule has 0 bridgehead atoms. The number of rotatable bonds is 2. The Kier molecular flexibility index (Phi) is 3.58. The quantitative estimate of drug-likeness (QED) is 0.903. The van der Waals surface area contributed by atoms with Crippen molar-refractivity contribution in [2.45, 2.75) is 6.92 Å². The molecule has 3 nitrogen and oxygen atoms in total. The lowest BCUT2D eigenvalue weighted by atomic mass is 10.2. The summed E-state index contributed by atoms with van der Waals surface area (Å²) in [4.78, 5) is 15.8. The van der Waals surface area contributed by atoms with Crippen LogP contribution in [-0.4, -0.2) is 10.9 Å². The molecule has 0 aliphatic heterocycles. The van der Waals surface area contributed by atoms with Crippen molar-refractivity contribution in [2.24, 2.45) is 0 Å². The van der Waals surface area contributed by atoms with Crippen LogP contribution < -0.4 is 5.32 Å². The highest BCUT2D eigenvalue weighted by molar-refractivity contribution is 6.31. The van der Waals surface area contributed by atoms with Crippen molar-refractivity contribution in [3.8, 4) is 0 Å². The Morgan fingerprint density at radius 1 is 1.33 bits per heavy atom. The maximum atomic E-state index is 13.5. The highest BCUT2D eigenvalue weighted by atomic mass is 35.5. The van der Waals surface area contributed by atoms with Gasteiger partial charge in [0, 0.05) is 11.2 Å². The van der Waals surface area contributed by atoms with Crippen LogP contribution in [0.25, 0.3) is 0 Å². The number of amides is 1. The van der Waals surface area contributed by atoms with Crippen molar-refractivity contribution < 1.29 is 9.18 Å². The second kappa shape index (κ2) is 5.14. The number of halogens is 2. The van der Waals surface area contributed by atoms with Gasteiger partial charge in [-0.2, -0.15) is 0 Å². The molecule has 0 atom stereocenters. The lowest BCUT2D eigenvalue weighted by Crippen LogP contribution is -2.14. The number of nitrogens with zero attached hydrogens (tertiary/aromatic N) is 1. The predicted octanol–water partition coefficient (Wildman–Crippen LogP) is 3.43. The Morgan fingerprint density at radius 2 is 2.11 bits per heavy atom. The first-order chi connectivity index (χ1) is 8.56. The average molecular weight is 265 g/mol.